The molecule has 2 aliphatic rings. The third-order valence-corrected chi connectivity index (χ3v) is 7.93. The number of nitrogens with zero attached hydrogens (tertiary/aromatic N) is 2. The number of aromatic amines is 1. The number of imidazole rings is 1. The van der Waals surface area contributed by atoms with Crippen LogP contribution >= 0.6 is 0 Å². The Labute approximate surface area is 191 Å². The van der Waals surface area contributed by atoms with Gasteiger partial charge in [-0.05, 0) is 50.2 Å². The largest absolute Gasteiger partial charge is 0.466 e. The highest BCUT2D eigenvalue weighted by Gasteiger charge is 2.40. The monoisotopic (exact) mass is 441 g/mol. The molecular weight excluding hydrogens is 402 g/mol. The normalized spacial score (nSPS) is 24.7. The summed E-state index contributed by atoms with van der Waals surface area (Å²) in [5, 5.41) is 0. The van der Waals surface area contributed by atoms with Crippen LogP contribution in [-0.4, -0.2) is 46.7 Å². The van der Waals surface area contributed by atoms with E-state index < -0.39 is 0 Å². The highest BCUT2D eigenvalue weighted by atomic mass is 16.5. The SMILES string of the molecule is CCOC(=O)C1CN(CC2(CC)CCCCCCC2)CCC1n1c(=O)[nH]c2ccccc21. The molecule has 2 atom stereocenters. The van der Waals surface area contributed by atoms with Crippen molar-refractivity contribution < 1.29 is 9.53 Å². The van der Waals surface area contributed by atoms with Crippen molar-refractivity contribution in [2.45, 2.75) is 77.7 Å². The summed E-state index contributed by atoms with van der Waals surface area (Å²) in [6.45, 7) is 7.18. The standard InChI is InChI=1S/C26H39N3O3/c1-3-26(15-10-6-5-7-11-16-26)19-28-17-14-22(20(18-28)24(30)32-4-2)29-23-13-9-8-12-21(23)27-25(29)31/h8-9,12-13,20,22H,3-7,10-11,14-19H2,1-2H3,(H,27,31). The van der Waals surface area contributed by atoms with Gasteiger partial charge >= 0.3 is 11.7 Å². The number of carbonyl (C=O) groups is 1. The summed E-state index contributed by atoms with van der Waals surface area (Å²) < 4.78 is 7.30. The summed E-state index contributed by atoms with van der Waals surface area (Å²) in [4.78, 5) is 31.4. The molecular formula is C26H39N3O3. The van der Waals surface area contributed by atoms with E-state index >= 15 is 0 Å². The lowest BCUT2D eigenvalue weighted by Gasteiger charge is -2.44. The van der Waals surface area contributed by atoms with Gasteiger partial charge in [0.2, 0.25) is 0 Å². The molecule has 1 aromatic carbocycles. The number of piperidine rings is 1. The van der Waals surface area contributed by atoms with Crippen LogP contribution in [0, 0.1) is 11.3 Å². The third-order valence-electron chi connectivity index (χ3n) is 7.93. The zero-order valence-electron chi connectivity index (χ0n) is 19.8. The first-order chi connectivity index (χ1) is 15.6. The number of hydrogen-bond acceptors (Lipinski definition) is 4. The van der Waals surface area contributed by atoms with Crippen molar-refractivity contribution in [2.24, 2.45) is 11.3 Å². The first kappa shape index (κ1) is 23.1. The number of para-hydroxylation sites is 2. The number of carbonyl (C=O) groups excluding carboxylic acids is 1. The molecule has 2 heterocycles. The Balaban J connectivity index is 1.58. The van der Waals surface area contributed by atoms with Crippen LogP contribution in [-0.2, 0) is 9.53 Å². The van der Waals surface area contributed by atoms with Crippen LogP contribution in [0.5, 0.6) is 0 Å². The van der Waals surface area contributed by atoms with Gasteiger partial charge in [0.15, 0.2) is 0 Å². The lowest BCUT2D eigenvalue weighted by Crippen LogP contribution is -2.50. The molecule has 0 bridgehead atoms. The smallest absolute Gasteiger partial charge is 0.326 e. The number of ether oxygens (including phenoxy) is 1. The van der Waals surface area contributed by atoms with Crippen molar-refractivity contribution in [3.05, 3.63) is 34.7 Å². The molecule has 4 rings (SSSR count). The first-order valence-electron chi connectivity index (χ1n) is 12.6. The Morgan fingerprint density at radius 2 is 1.84 bits per heavy atom. The van der Waals surface area contributed by atoms with Crippen molar-refractivity contribution in [1.82, 2.24) is 14.5 Å². The van der Waals surface area contributed by atoms with Crippen molar-refractivity contribution in [2.75, 3.05) is 26.2 Å². The Kier molecular flexibility index (Phi) is 7.39. The predicted molar refractivity (Wildman–Crippen MR) is 128 cm³/mol. The molecule has 6 nitrogen and oxygen atoms in total. The van der Waals surface area contributed by atoms with Crippen LogP contribution in [0.3, 0.4) is 0 Å². The molecule has 1 saturated carbocycles. The van der Waals surface area contributed by atoms with E-state index in [2.05, 4.69) is 16.8 Å². The Hall–Kier alpha value is -2.08. The van der Waals surface area contributed by atoms with Gasteiger partial charge in [0.1, 0.15) is 0 Å². The number of likely N-dealkylation sites (tertiary alicyclic amines) is 1. The molecule has 1 aliphatic carbocycles. The minimum absolute atomic E-state index is 0.135. The molecule has 2 fully saturated rings. The van der Waals surface area contributed by atoms with Crippen molar-refractivity contribution in [1.29, 1.82) is 0 Å². The second-order valence-corrected chi connectivity index (χ2v) is 9.89. The van der Waals surface area contributed by atoms with E-state index in [9.17, 15) is 9.59 Å². The zero-order valence-corrected chi connectivity index (χ0v) is 19.8. The lowest BCUT2D eigenvalue weighted by atomic mass is 9.73. The molecule has 2 unspecified atom stereocenters. The van der Waals surface area contributed by atoms with Crippen molar-refractivity contribution in [3.63, 3.8) is 0 Å². The number of benzene rings is 1. The Bertz CT molecular complexity index is 955. The van der Waals surface area contributed by atoms with Crippen LogP contribution in [0.2, 0.25) is 0 Å². The topological polar surface area (TPSA) is 67.3 Å². The Morgan fingerprint density at radius 3 is 2.56 bits per heavy atom. The molecule has 6 heteroatoms. The van der Waals surface area contributed by atoms with Crippen LogP contribution in [0.15, 0.2) is 29.1 Å². The summed E-state index contributed by atoms with van der Waals surface area (Å²) in [5.41, 5.74) is 1.91. The fraction of sp³-hybridized carbons (Fsp3) is 0.692. The van der Waals surface area contributed by atoms with Crippen LogP contribution in [0.4, 0.5) is 0 Å². The van der Waals surface area contributed by atoms with E-state index in [-0.39, 0.29) is 23.6 Å². The molecule has 1 N–H and O–H groups in total. The minimum atomic E-state index is -0.330. The van der Waals surface area contributed by atoms with E-state index in [1.54, 1.807) is 4.57 Å². The lowest BCUT2D eigenvalue weighted by molar-refractivity contribution is -0.152. The number of fused-ring (bicyclic) bond motifs is 1. The zero-order chi connectivity index (χ0) is 22.6. The van der Waals surface area contributed by atoms with E-state index in [4.69, 9.17) is 4.74 Å². The second kappa shape index (κ2) is 10.2. The fourth-order valence-electron chi connectivity index (χ4n) is 6.10. The molecule has 176 valence electrons. The summed E-state index contributed by atoms with van der Waals surface area (Å²) in [6.07, 6.45) is 11.2. The molecule has 1 aliphatic heterocycles. The predicted octanol–water partition coefficient (Wildman–Crippen LogP) is 4.90. The van der Waals surface area contributed by atoms with Crippen molar-refractivity contribution in [3.8, 4) is 0 Å². The van der Waals surface area contributed by atoms with Gasteiger partial charge in [0.25, 0.3) is 0 Å². The molecule has 0 amide bonds. The minimum Gasteiger partial charge on any atom is -0.466 e. The first-order valence-corrected chi connectivity index (χ1v) is 12.6. The summed E-state index contributed by atoms with van der Waals surface area (Å²) >= 11 is 0. The molecule has 1 saturated heterocycles. The summed E-state index contributed by atoms with van der Waals surface area (Å²) in [6, 6.07) is 7.57. The second-order valence-electron chi connectivity index (χ2n) is 9.89. The van der Waals surface area contributed by atoms with Gasteiger partial charge in [0.05, 0.1) is 29.6 Å². The van der Waals surface area contributed by atoms with E-state index in [1.165, 1.54) is 51.4 Å². The maximum Gasteiger partial charge on any atom is 0.326 e. The van der Waals surface area contributed by atoms with Gasteiger partial charge in [-0.2, -0.15) is 0 Å². The third kappa shape index (κ3) is 4.80. The number of nitrogens with one attached hydrogen (secondary N) is 1. The number of H-pyrrole nitrogens is 1. The van der Waals surface area contributed by atoms with Crippen LogP contribution in [0.1, 0.15) is 77.7 Å². The average Bonchev–Trinajstić information content (AvgIpc) is 3.11. The molecule has 0 radical (unpaired) electrons. The highest BCUT2D eigenvalue weighted by Crippen LogP contribution is 2.40. The number of hydrogen-bond donors (Lipinski definition) is 1. The van der Waals surface area contributed by atoms with E-state index in [1.807, 2.05) is 31.2 Å². The van der Waals surface area contributed by atoms with E-state index in [0.29, 0.717) is 18.6 Å². The van der Waals surface area contributed by atoms with Gasteiger partial charge in [-0.15, -0.1) is 0 Å². The average molecular weight is 442 g/mol. The number of aromatic nitrogens is 2. The fourth-order valence-corrected chi connectivity index (χ4v) is 6.10. The van der Waals surface area contributed by atoms with Crippen LogP contribution in [0.25, 0.3) is 11.0 Å². The van der Waals surface area contributed by atoms with Crippen LogP contribution < -0.4 is 5.69 Å². The van der Waals surface area contributed by atoms with E-state index in [0.717, 1.165) is 30.5 Å². The summed E-state index contributed by atoms with van der Waals surface area (Å²) in [5.74, 6) is -0.509. The maximum absolute atomic E-state index is 13.1. The van der Waals surface area contributed by atoms with Gasteiger partial charge < -0.3 is 14.6 Å². The van der Waals surface area contributed by atoms with Gasteiger partial charge in [-0.1, -0.05) is 51.2 Å². The number of rotatable bonds is 6. The van der Waals surface area contributed by atoms with Crippen molar-refractivity contribution >= 4 is 17.0 Å². The number of esters is 1. The van der Waals surface area contributed by atoms with Gasteiger partial charge in [-0.3, -0.25) is 9.36 Å². The molecule has 2 aromatic rings. The maximum atomic E-state index is 13.1. The van der Waals surface area contributed by atoms with Gasteiger partial charge in [-0.25, -0.2) is 4.79 Å². The highest BCUT2D eigenvalue weighted by molar-refractivity contribution is 5.77. The molecule has 0 spiro atoms. The Morgan fingerprint density at radius 1 is 1.12 bits per heavy atom. The quantitative estimate of drug-likeness (QED) is 0.648. The molecule has 32 heavy (non-hydrogen) atoms. The molecule has 1 aromatic heterocycles. The van der Waals surface area contributed by atoms with Gasteiger partial charge in [0, 0.05) is 19.6 Å². The summed E-state index contributed by atoms with van der Waals surface area (Å²) in [7, 11) is 0.